The van der Waals surface area contributed by atoms with E-state index in [0.29, 0.717) is 0 Å². The first kappa shape index (κ1) is 34.0. The summed E-state index contributed by atoms with van der Waals surface area (Å²) < 4.78 is 0. The summed E-state index contributed by atoms with van der Waals surface area (Å²) >= 11 is 0. The van der Waals surface area contributed by atoms with Crippen LogP contribution >= 0.6 is 0 Å². The molecule has 25 heavy (non-hydrogen) atoms. The van der Waals surface area contributed by atoms with Crippen LogP contribution in [0.1, 0.15) is 27.7 Å². The van der Waals surface area contributed by atoms with Crippen molar-refractivity contribution in [3.63, 3.8) is 0 Å². The maximum absolute atomic E-state index is 9.49. The standard InChI is InChI=1S/4C4H6O2.Re/c4*1-3(2)4(5)6;/h4*1H2,2H3,(H,5,6);/p-4. The van der Waals surface area contributed by atoms with Gasteiger partial charge >= 0.3 is 0 Å². The number of carboxylic acid groups (broad SMARTS) is 4. The van der Waals surface area contributed by atoms with Crippen molar-refractivity contribution >= 4 is 23.9 Å². The molecule has 0 aliphatic carbocycles. The maximum Gasteiger partial charge on any atom is 0.0666 e. The molecule has 0 aromatic rings. The maximum atomic E-state index is 9.49. The summed E-state index contributed by atoms with van der Waals surface area (Å²) in [5.41, 5.74) is 0.259. The Morgan fingerprint density at radius 2 is 0.520 bits per heavy atom. The Labute approximate surface area is 160 Å². The van der Waals surface area contributed by atoms with Gasteiger partial charge in [0.15, 0.2) is 0 Å². The van der Waals surface area contributed by atoms with Crippen molar-refractivity contribution in [2.45, 2.75) is 27.7 Å². The summed E-state index contributed by atoms with van der Waals surface area (Å²) in [6.07, 6.45) is 0. The molecule has 0 bridgehead atoms. The number of aliphatic carboxylic acids is 4. The Kier molecular flexibility index (Phi) is 26.6. The Bertz CT molecular complexity index is 388. The second kappa shape index (κ2) is 19.5. The molecule has 0 unspecified atom stereocenters. The molecule has 143 valence electrons. The fraction of sp³-hybridized carbons (Fsp3) is 0.250. The van der Waals surface area contributed by atoms with Gasteiger partial charge in [0.05, 0.1) is 23.9 Å². The van der Waals surface area contributed by atoms with E-state index in [9.17, 15) is 39.6 Å². The van der Waals surface area contributed by atoms with Crippen LogP contribution in [0.5, 0.6) is 0 Å². The molecular weight excluding hydrogens is 506 g/mol. The van der Waals surface area contributed by atoms with E-state index < -0.39 is 23.9 Å². The molecule has 0 amide bonds. The van der Waals surface area contributed by atoms with Crippen LogP contribution in [0.25, 0.3) is 0 Å². The molecule has 0 fully saturated rings. The molecule has 0 heterocycles. The quantitative estimate of drug-likeness (QED) is 0.356. The van der Waals surface area contributed by atoms with Gasteiger partial charge in [0.25, 0.3) is 0 Å². The van der Waals surface area contributed by atoms with Gasteiger partial charge in [-0.3, -0.25) is 0 Å². The summed E-state index contributed by atoms with van der Waals surface area (Å²) in [5, 5.41) is 38.0. The van der Waals surface area contributed by atoms with Crippen LogP contribution in [0, 0.1) is 0 Å². The molecule has 0 rings (SSSR count). The normalized spacial score (nSPS) is 7.20. The SMILES string of the molecule is C=C(C)C(=O)[O-].C=C(C)C(=O)[O-].C=C(C)C(=O)[O-].C=C(C)C(=O)[O-].[Re]. The summed E-state index contributed by atoms with van der Waals surface area (Å²) in [6, 6.07) is 0. The van der Waals surface area contributed by atoms with E-state index in [0.717, 1.165) is 0 Å². The number of rotatable bonds is 4. The third-order valence-corrected chi connectivity index (χ3v) is 1.39. The van der Waals surface area contributed by atoms with Crippen molar-refractivity contribution in [3.8, 4) is 0 Å². The molecule has 0 aromatic carbocycles. The van der Waals surface area contributed by atoms with E-state index in [1.54, 1.807) is 0 Å². The number of hydrogen-bond acceptors (Lipinski definition) is 8. The molecule has 0 aliphatic rings. The van der Waals surface area contributed by atoms with Gasteiger partial charge in [-0.05, 0) is 50.0 Å². The molecule has 0 aromatic heterocycles. The Hall–Kier alpha value is -2.50. The fourth-order valence-corrected chi connectivity index (χ4v) is 0. The van der Waals surface area contributed by atoms with Crippen LogP contribution in [-0.2, 0) is 39.6 Å². The zero-order chi connectivity index (χ0) is 20.6. The summed E-state index contributed by atoms with van der Waals surface area (Å²) in [4.78, 5) is 38.0. The Balaban J connectivity index is -0.0000000702. The molecule has 0 saturated heterocycles. The molecule has 0 aliphatic heterocycles. The first-order chi connectivity index (χ1) is 10.6. The van der Waals surface area contributed by atoms with Gasteiger partial charge in [-0.1, -0.05) is 26.3 Å². The summed E-state index contributed by atoms with van der Waals surface area (Å²) in [5.74, 6) is -4.74. The van der Waals surface area contributed by atoms with Crippen molar-refractivity contribution in [2.75, 3.05) is 0 Å². The van der Waals surface area contributed by atoms with Crippen LogP contribution < -0.4 is 20.4 Å². The van der Waals surface area contributed by atoms with Crippen molar-refractivity contribution in [2.24, 2.45) is 0 Å². The monoisotopic (exact) mass is 527 g/mol. The number of hydrogen-bond donors (Lipinski definition) is 0. The molecule has 8 nitrogen and oxygen atoms in total. The zero-order valence-electron chi connectivity index (χ0n) is 14.5. The zero-order valence-corrected chi connectivity index (χ0v) is 17.2. The Morgan fingerprint density at radius 3 is 0.520 bits per heavy atom. The van der Waals surface area contributed by atoms with Crippen LogP contribution in [-0.4, -0.2) is 23.9 Å². The van der Waals surface area contributed by atoms with Crippen molar-refractivity contribution in [1.29, 1.82) is 0 Å². The van der Waals surface area contributed by atoms with Crippen molar-refractivity contribution in [1.82, 2.24) is 0 Å². The van der Waals surface area contributed by atoms with Gasteiger partial charge in [-0.25, -0.2) is 0 Å². The largest absolute Gasteiger partial charge is 0.545 e. The van der Waals surface area contributed by atoms with E-state index in [2.05, 4.69) is 26.3 Å². The van der Waals surface area contributed by atoms with Gasteiger partial charge in [-0.15, -0.1) is 0 Å². The van der Waals surface area contributed by atoms with Crippen LogP contribution in [0.2, 0.25) is 0 Å². The van der Waals surface area contributed by atoms with Crippen molar-refractivity contribution in [3.05, 3.63) is 48.6 Å². The van der Waals surface area contributed by atoms with Crippen LogP contribution in [0.15, 0.2) is 48.6 Å². The molecule has 0 N–H and O–H groups in total. The third-order valence-electron chi connectivity index (χ3n) is 1.39. The van der Waals surface area contributed by atoms with Crippen LogP contribution in [0.3, 0.4) is 0 Å². The van der Waals surface area contributed by atoms with E-state index in [1.165, 1.54) is 27.7 Å². The van der Waals surface area contributed by atoms with Gasteiger partial charge in [-0.2, -0.15) is 0 Å². The molecule has 0 saturated carbocycles. The Morgan fingerprint density at radius 1 is 0.480 bits per heavy atom. The molecule has 0 spiro atoms. The predicted molar refractivity (Wildman–Crippen MR) is 79.3 cm³/mol. The first-order valence-corrected chi connectivity index (χ1v) is 6.05. The second-order valence-electron chi connectivity index (χ2n) is 4.27. The van der Waals surface area contributed by atoms with Crippen molar-refractivity contribution < 1.29 is 60.0 Å². The molecule has 1 radical (unpaired) electrons. The predicted octanol–water partition coefficient (Wildman–Crippen LogP) is -2.75. The smallest absolute Gasteiger partial charge is 0.0666 e. The van der Waals surface area contributed by atoms with Gasteiger partial charge in [0, 0.05) is 20.4 Å². The van der Waals surface area contributed by atoms with Gasteiger partial charge in [0.2, 0.25) is 0 Å². The molecule has 9 heteroatoms. The minimum Gasteiger partial charge on any atom is -0.545 e. The van der Waals surface area contributed by atoms with E-state index in [4.69, 9.17) is 0 Å². The molecular formula is C16H20O8Re-4. The molecule has 0 atom stereocenters. The topological polar surface area (TPSA) is 161 Å². The van der Waals surface area contributed by atoms with Gasteiger partial charge < -0.3 is 39.6 Å². The van der Waals surface area contributed by atoms with Gasteiger partial charge in [0.1, 0.15) is 0 Å². The van der Waals surface area contributed by atoms with Crippen LogP contribution in [0.4, 0.5) is 0 Å². The third kappa shape index (κ3) is 44.9. The van der Waals surface area contributed by atoms with E-state index in [-0.39, 0.29) is 42.7 Å². The minimum absolute atomic E-state index is 0. The fourth-order valence-electron chi connectivity index (χ4n) is 0. The van der Waals surface area contributed by atoms with E-state index in [1.807, 2.05) is 0 Å². The number of carboxylic acids is 4. The number of carbonyl (C=O) groups excluding carboxylic acids is 4. The average molecular weight is 527 g/mol. The summed E-state index contributed by atoms with van der Waals surface area (Å²) in [6.45, 7) is 17.9. The second-order valence-corrected chi connectivity index (χ2v) is 4.27. The number of carbonyl (C=O) groups is 4. The van der Waals surface area contributed by atoms with E-state index >= 15 is 0 Å². The first-order valence-electron chi connectivity index (χ1n) is 6.05. The summed E-state index contributed by atoms with van der Waals surface area (Å²) in [7, 11) is 0. The minimum atomic E-state index is -1.19. The average Bonchev–Trinajstić information content (AvgIpc) is 2.40.